The summed E-state index contributed by atoms with van der Waals surface area (Å²) in [7, 11) is -3.81. The number of esters is 2. The number of fused-ring (bicyclic) bond motifs is 7. The van der Waals surface area contributed by atoms with Gasteiger partial charge in [0.15, 0.2) is 11.5 Å². The number of anilines is 1. The van der Waals surface area contributed by atoms with Crippen molar-refractivity contribution >= 4 is 36.4 Å². The third-order valence-electron chi connectivity index (χ3n) is 11.9. The minimum Gasteiger partial charge on any atom is -0.464 e. The third-order valence-corrected chi connectivity index (χ3v) is 14.2. The molecule has 8 rings (SSSR count). The van der Waals surface area contributed by atoms with E-state index in [9.17, 15) is 14.2 Å². The number of rotatable bonds is 15. The molecular weight excluding hydrogens is 645 g/mol. The van der Waals surface area contributed by atoms with E-state index < -0.39 is 36.6 Å². The normalized spacial score (nSPS) is 28.7. The van der Waals surface area contributed by atoms with Crippen LogP contribution in [0, 0.1) is 22.7 Å². The summed E-state index contributed by atoms with van der Waals surface area (Å²) in [6, 6.07) is 0. The second-order valence-corrected chi connectivity index (χ2v) is 18.9. The molecular formula is C35H56N7O6P. The number of hydrogen-bond acceptors (Lipinski definition) is 10. The molecule has 4 N–H and O–H groups in total. The Kier molecular flexibility index (Phi) is 10.2. The molecule has 0 unspecified atom stereocenters. The van der Waals surface area contributed by atoms with E-state index in [-0.39, 0.29) is 23.0 Å². The van der Waals surface area contributed by atoms with Crippen LogP contribution in [-0.4, -0.2) is 68.2 Å². The Morgan fingerprint density at radius 2 is 1.35 bits per heavy atom. The van der Waals surface area contributed by atoms with Gasteiger partial charge in [-0.05, 0) is 124 Å². The van der Waals surface area contributed by atoms with Gasteiger partial charge >= 0.3 is 11.9 Å². The van der Waals surface area contributed by atoms with Gasteiger partial charge in [0.1, 0.15) is 29.3 Å². The zero-order valence-electron chi connectivity index (χ0n) is 30.0. The van der Waals surface area contributed by atoms with E-state index in [1.165, 1.54) is 44.9 Å². The maximum atomic E-state index is 14.9. The summed E-state index contributed by atoms with van der Waals surface area (Å²) in [5.74, 6) is 0.922. The first-order valence-electron chi connectivity index (χ1n) is 18.2. The summed E-state index contributed by atoms with van der Waals surface area (Å²) in [4.78, 5) is 39.8. The zero-order valence-corrected chi connectivity index (χ0v) is 30.9. The van der Waals surface area contributed by atoms with E-state index in [1.54, 1.807) is 38.6 Å². The van der Waals surface area contributed by atoms with Crippen LogP contribution in [0.2, 0.25) is 0 Å². The van der Waals surface area contributed by atoms with E-state index >= 15 is 0 Å². The molecule has 2 heterocycles. The topological polar surface area (TPSA) is 173 Å². The van der Waals surface area contributed by atoms with E-state index in [1.807, 2.05) is 6.92 Å². The smallest absolute Gasteiger partial charge is 0.326 e. The lowest BCUT2D eigenvalue weighted by Crippen LogP contribution is -2.54. The minimum absolute atomic E-state index is 0.0386. The number of imidazole rings is 1. The number of nitrogen functional groups attached to an aromatic ring is 1. The molecule has 6 saturated carbocycles. The van der Waals surface area contributed by atoms with Crippen LogP contribution in [0.25, 0.3) is 11.2 Å². The van der Waals surface area contributed by atoms with Crippen molar-refractivity contribution in [1.29, 1.82) is 0 Å². The Morgan fingerprint density at radius 3 is 1.82 bits per heavy atom. The minimum atomic E-state index is -3.81. The van der Waals surface area contributed by atoms with Crippen molar-refractivity contribution in [3.05, 3.63) is 12.7 Å². The van der Waals surface area contributed by atoms with Crippen LogP contribution in [0.1, 0.15) is 112 Å². The monoisotopic (exact) mass is 701 g/mol. The molecule has 13 nitrogen and oxygen atoms in total. The van der Waals surface area contributed by atoms with Crippen LogP contribution >= 0.6 is 7.44 Å². The third kappa shape index (κ3) is 8.16. The number of nitrogens with zero attached hydrogens (tertiary/aromatic N) is 4. The average molecular weight is 702 g/mol. The fourth-order valence-corrected chi connectivity index (χ4v) is 11.2. The van der Waals surface area contributed by atoms with E-state index in [0.717, 1.165) is 50.4 Å². The highest BCUT2D eigenvalue weighted by atomic mass is 31.2. The number of carbonyl (C=O) groups excluding carboxylic acids is 2. The number of ether oxygens (including phenoxy) is 3. The summed E-state index contributed by atoms with van der Waals surface area (Å²) in [6.07, 6.45) is 15.8. The quantitative estimate of drug-likeness (QED) is 0.152. The molecule has 4 bridgehead atoms. The summed E-state index contributed by atoms with van der Waals surface area (Å²) in [5.41, 5.74) is 4.41. The van der Waals surface area contributed by atoms with Gasteiger partial charge in [-0.2, -0.15) is 0 Å². The van der Waals surface area contributed by atoms with Crippen molar-refractivity contribution in [1.82, 2.24) is 29.7 Å². The second kappa shape index (κ2) is 13.8. The molecule has 0 radical (unpaired) electrons. The molecule has 2 aromatic heterocycles. The van der Waals surface area contributed by atoms with Crippen LogP contribution in [0.3, 0.4) is 0 Å². The van der Waals surface area contributed by atoms with Crippen molar-refractivity contribution in [3.8, 4) is 0 Å². The average Bonchev–Trinajstić information content (AvgIpc) is 3.50. The van der Waals surface area contributed by atoms with Gasteiger partial charge in [0.2, 0.25) is 7.44 Å². The number of nitrogens with two attached hydrogens (primary N) is 1. The number of hydrogen-bond donors (Lipinski definition) is 3. The van der Waals surface area contributed by atoms with Crippen molar-refractivity contribution in [3.63, 3.8) is 0 Å². The van der Waals surface area contributed by atoms with Crippen molar-refractivity contribution < 1.29 is 28.4 Å². The Hall–Kier alpha value is -2.60. The largest absolute Gasteiger partial charge is 0.464 e. The molecule has 14 heteroatoms. The Bertz CT molecular complexity index is 1470. The fraction of sp³-hybridized carbons (Fsp3) is 0.800. The summed E-state index contributed by atoms with van der Waals surface area (Å²) >= 11 is 0. The summed E-state index contributed by atoms with van der Waals surface area (Å²) in [6.45, 7) is 9.56. The van der Waals surface area contributed by atoms with Crippen LogP contribution in [0.5, 0.6) is 0 Å². The van der Waals surface area contributed by atoms with Gasteiger partial charge in [-0.15, -0.1) is 0 Å². The molecule has 0 aromatic carbocycles. The highest BCUT2D eigenvalue weighted by molar-refractivity contribution is 7.59. The Morgan fingerprint density at radius 1 is 0.878 bits per heavy atom. The van der Waals surface area contributed by atoms with Crippen molar-refractivity contribution in [2.45, 2.75) is 135 Å². The van der Waals surface area contributed by atoms with Gasteiger partial charge in [-0.25, -0.2) is 25.1 Å². The lowest BCUT2D eigenvalue weighted by Gasteiger charge is -2.46. The molecule has 272 valence electrons. The highest BCUT2D eigenvalue weighted by Gasteiger charge is 2.47. The predicted octanol–water partition coefficient (Wildman–Crippen LogP) is 5.73. The summed E-state index contributed by atoms with van der Waals surface area (Å²) < 4.78 is 34.7. The zero-order chi connectivity index (χ0) is 35.1. The molecule has 0 amide bonds. The van der Waals surface area contributed by atoms with Gasteiger partial charge in [-0.1, -0.05) is 0 Å². The van der Waals surface area contributed by atoms with E-state index in [2.05, 4.69) is 25.1 Å². The molecule has 2 aromatic rings. The van der Waals surface area contributed by atoms with Crippen LogP contribution in [0.15, 0.2) is 12.7 Å². The summed E-state index contributed by atoms with van der Waals surface area (Å²) in [5, 5.41) is 6.14. The van der Waals surface area contributed by atoms with Gasteiger partial charge in [0.05, 0.1) is 32.2 Å². The van der Waals surface area contributed by atoms with E-state index in [4.69, 9.17) is 19.9 Å². The maximum absolute atomic E-state index is 14.9. The molecule has 1 atom stereocenters. The Balaban J connectivity index is 1.13. The van der Waals surface area contributed by atoms with E-state index in [0.29, 0.717) is 30.9 Å². The fourth-order valence-electron chi connectivity index (χ4n) is 8.59. The number of carbonyl (C=O) groups is 2. The van der Waals surface area contributed by atoms with Crippen LogP contribution < -0.4 is 15.9 Å². The van der Waals surface area contributed by atoms with Gasteiger partial charge < -0.3 is 24.5 Å². The number of aromatic nitrogens is 4. The molecule has 0 aliphatic heterocycles. The van der Waals surface area contributed by atoms with Gasteiger partial charge in [0, 0.05) is 10.8 Å². The van der Waals surface area contributed by atoms with Crippen molar-refractivity contribution in [2.24, 2.45) is 22.7 Å². The molecule has 0 spiro atoms. The highest BCUT2D eigenvalue weighted by Crippen LogP contribution is 2.52. The second-order valence-electron chi connectivity index (χ2n) is 16.8. The molecule has 6 aliphatic carbocycles. The molecule has 0 saturated heterocycles. The first-order valence-corrected chi connectivity index (χ1v) is 20.1. The number of nitrogens with one attached hydrogen (secondary N) is 2. The molecule has 6 aliphatic rings. The van der Waals surface area contributed by atoms with Gasteiger partial charge in [0.25, 0.3) is 0 Å². The SMILES string of the molecule is C[C@H](Cn1cnc2c(N)ncnc21)OCP(=O)(NC(C)(C)C(=O)OCC12CCC(CC1)CC2)NC(C)(C)C(=O)OCC12CCC(CC1)CC2. The first-order chi connectivity index (χ1) is 23.1. The maximum Gasteiger partial charge on any atom is 0.326 e. The first kappa shape index (κ1) is 36.2. The lowest BCUT2D eigenvalue weighted by molar-refractivity contribution is -0.156. The van der Waals surface area contributed by atoms with Crippen molar-refractivity contribution in [2.75, 3.05) is 25.3 Å². The lowest BCUT2D eigenvalue weighted by atomic mass is 9.61. The van der Waals surface area contributed by atoms with Crippen LogP contribution in [0.4, 0.5) is 5.82 Å². The predicted molar refractivity (Wildman–Crippen MR) is 186 cm³/mol. The molecule has 49 heavy (non-hydrogen) atoms. The van der Waals surface area contributed by atoms with Crippen LogP contribution in [-0.2, 0) is 34.9 Å². The molecule has 6 fully saturated rings. The Labute approximate surface area is 290 Å². The standard InChI is InChI=1S/C35H56N7O6P/c1-24(18-42-22-39-27-28(36)37-21-38-29(27)42)48-23-49(45,40-32(2,3)30(43)46-19-34-12-6-25(7-13-34)8-14-34)41-33(4,5)31(44)47-20-35-15-9-26(10-16-35)11-17-35/h21-22,24-26H,6-20,23H2,1-5H3,(H2,36,37,38)(H2,40,41,45)/t24-,25?,26?,34?,35?,49?/m1/s1. The van der Waals surface area contributed by atoms with Gasteiger partial charge in [-0.3, -0.25) is 14.2 Å².